The Balaban J connectivity index is 1.79. The monoisotopic (exact) mass is 360 g/mol. The van der Waals surface area contributed by atoms with Gasteiger partial charge in [-0.1, -0.05) is 36.4 Å². The van der Waals surface area contributed by atoms with Crippen LogP contribution in [0, 0.1) is 0 Å². The summed E-state index contributed by atoms with van der Waals surface area (Å²) in [5, 5.41) is 7.34. The molecule has 0 saturated heterocycles. The van der Waals surface area contributed by atoms with Gasteiger partial charge in [-0.2, -0.15) is 0 Å². The highest BCUT2D eigenvalue weighted by atomic mass is 16.2. The molecular formula is C21H20N4O2. The highest BCUT2D eigenvalue weighted by Crippen LogP contribution is 2.47. The first-order chi connectivity index (χ1) is 13.2. The highest BCUT2D eigenvalue weighted by molar-refractivity contribution is 6.23. The largest absolute Gasteiger partial charge is 0.356 e. The Morgan fingerprint density at radius 1 is 1.19 bits per heavy atom. The van der Waals surface area contributed by atoms with E-state index in [0.717, 1.165) is 34.1 Å². The molecule has 1 spiro atoms. The van der Waals surface area contributed by atoms with E-state index in [1.54, 1.807) is 0 Å². The van der Waals surface area contributed by atoms with Gasteiger partial charge in [-0.05, 0) is 31.0 Å². The second-order valence-corrected chi connectivity index (χ2v) is 6.94. The molecule has 3 amide bonds. The number of carbonyl (C=O) groups excluding carboxylic acids is 2. The van der Waals surface area contributed by atoms with Gasteiger partial charge in [0.05, 0.1) is 11.4 Å². The average molecular weight is 360 g/mol. The predicted octanol–water partition coefficient (Wildman–Crippen LogP) is 2.63. The Labute approximate surface area is 156 Å². The number of fused-ring (bicyclic) bond motifs is 6. The molecule has 2 aliphatic heterocycles. The second-order valence-electron chi connectivity index (χ2n) is 6.94. The third kappa shape index (κ3) is 1.99. The van der Waals surface area contributed by atoms with Gasteiger partial charge in [0.1, 0.15) is 0 Å². The first kappa shape index (κ1) is 16.1. The van der Waals surface area contributed by atoms with E-state index in [2.05, 4.69) is 21.7 Å². The second kappa shape index (κ2) is 5.69. The lowest BCUT2D eigenvalue weighted by Gasteiger charge is -2.34. The van der Waals surface area contributed by atoms with Crippen LogP contribution in [0.1, 0.15) is 23.7 Å². The van der Waals surface area contributed by atoms with Gasteiger partial charge in [-0.25, -0.2) is 9.69 Å². The number of hydrogen-bond acceptors (Lipinski definition) is 3. The first-order valence-electron chi connectivity index (χ1n) is 9.25. The van der Waals surface area contributed by atoms with Crippen molar-refractivity contribution < 1.29 is 9.59 Å². The van der Waals surface area contributed by atoms with E-state index >= 15 is 0 Å². The summed E-state index contributed by atoms with van der Waals surface area (Å²) in [5.74, 6) is -0.262. The van der Waals surface area contributed by atoms with E-state index in [1.807, 2.05) is 49.4 Å². The van der Waals surface area contributed by atoms with E-state index in [0.29, 0.717) is 18.8 Å². The normalized spacial score (nSPS) is 20.8. The van der Waals surface area contributed by atoms with Crippen LogP contribution in [0.25, 0.3) is 10.9 Å². The number of H-pyrrole nitrogens is 1. The van der Waals surface area contributed by atoms with Crippen LogP contribution in [-0.4, -0.2) is 30.0 Å². The van der Waals surface area contributed by atoms with Crippen molar-refractivity contribution in [1.29, 1.82) is 0 Å². The number of amides is 3. The summed E-state index contributed by atoms with van der Waals surface area (Å²) in [7, 11) is 0. The SMILES string of the molecule is CCNC(=O)N1C(=O)[C@@]2(NCCc3c2[nH]c2ccccc32)c2ccccc21. The predicted molar refractivity (Wildman–Crippen MR) is 104 cm³/mol. The van der Waals surface area contributed by atoms with Crippen LogP contribution in [0.5, 0.6) is 0 Å². The number of urea groups is 1. The van der Waals surface area contributed by atoms with E-state index in [9.17, 15) is 9.59 Å². The summed E-state index contributed by atoms with van der Waals surface area (Å²) in [6, 6.07) is 15.2. The molecule has 5 rings (SSSR count). The number of nitrogens with zero attached hydrogens (tertiary/aromatic N) is 1. The number of benzene rings is 2. The molecule has 6 nitrogen and oxygen atoms in total. The third-order valence-corrected chi connectivity index (χ3v) is 5.56. The number of imide groups is 1. The van der Waals surface area contributed by atoms with Gasteiger partial charge in [0.15, 0.2) is 5.54 Å². The zero-order valence-electron chi connectivity index (χ0n) is 15.0. The molecule has 27 heavy (non-hydrogen) atoms. The van der Waals surface area contributed by atoms with Crippen LogP contribution >= 0.6 is 0 Å². The summed E-state index contributed by atoms with van der Waals surface area (Å²) in [5.41, 5.74) is 3.38. The number of anilines is 1. The molecule has 3 N–H and O–H groups in total. The molecule has 3 aromatic rings. The van der Waals surface area contributed by atoms with Crippen molar-refractivity contribution in [1.82, 2.24) is 15.6 Å². The van der Waals surface area contributed by atoms with Crippen LogP contribution < -0.4 is 15.5 Å². The summed E-state index contributed by atoms with van der Waals surface area (Å²) >= 11 is 0. The van der Waals surface area contributed by atoms with Gasteiger partial charge in [-0.3, -0.25) is 10.1 Å². The molecule has 0 radical (unpaired) electrons. The van der Waals surface area contributed by atoms with Crippen molar-refractivity contribution in [3.63, 3.8) is 0 Å². The van der Waals surface area contributed by atoms with Gasteiger partial charge in [0.2, 0.25) is 0 Å². The molecular weight excluding hydrogens is 340 g/mol. The lowest BCUT2D eigenvalue weighted by atomic mass is 9.82. The summed E-state index contributed by atoms with van der Waals surface area (Å²) in [6.45, 7) is 2.97. The fraction of sp³-hybridized carbons (Fsp3) is 0.238. The molecule has 1 aromatic heterocycles. The lowest BCUT2D eigenvalue weighted by molar-refractivity contribution is -0.122. The number of rotatable bonds is 1. The van der Waals surface area contributed by atoms with Crippen molar-refractivity contribution in [2.24, 2.45) is 0 Å². The number of carbonyl (C=O) groups is 2. The van der Waals surface area contributed by atoms with Crippen LogP contribution in [0.15, 0.2) is 48.5 Å². The van der Waals surface area contributed by atoms with Crippen molar-refractivity contribution in [2.45, 2.75) is 18.9 Å². The average Bonchev–Trinajstić information content (AvgIpc) is 3.18. The Bertz CT molecular complexity index is 1090. The first-order valence-corrected chi connectivity index (χ1v) is 9.25. The minimum absolute atomic E-state index is 0.262. The van der Waals surface area contributed by atoms with Gasteiger partial charge in [-0.15, -0.1) is 0 Å². The third-order valence-electron chi connectivity index (χ3n) is 5.56. The number of nitrogens with one attached hydrogen (secondary N) is 3. The Kier molecular flexibility index (Phi) is 3.39. The van der Waals surface area contributed by atoms with Crippen LogP contribution in [0.2, 0.25) is 0 Å². The standard InChI is InChI=1S/C21H20N4O2/c1-2-22-20(27)25-17-10-6-4-8-15(17)21(19(25)26)18-14(11-12-23-21)13-7-3-5-9-16(13)24-18/h3-10,23-24H,2,11-12H2,1H3,(H,22,27)/t21-/m1/s1. The molecule has 3 heterocycles. The van der Waals surface area contributed by atoms with E-state index in [-0.39, 0.29) is 5.91 Å². The van der Waals surface area contributed by atoms with Crippen molar-refractivity contribution in [3.8, 4) is 0 Å². The minimum Gasteiger partial charge on any atom is -0.356 e. The van der Waals surface area contributed by atoms with Gasteiger partial charge in [0, 0.05) is 29.6 Å². The Morgan fingerprint density at radius 2 is 1.96 bits per heavy atom. The van der Waals surface area contributed by atoms with E-state index in [1.165, 1.54) is 4.90 Å². The molecule has 0 fully saturated rings. The van der Waals surface area contributed by atoms with Crippen LogP contribution in [0.3, 0.4) is 0 Å². The summed E-state index contributed by atoms with van der Waals surface area (Å²) < 4.78 is 0. The number of aromatic nitrogens is 1. The number of para-hydroxylation sites is 2. The van der Waals surface area contributed by atoms with E-state index < -0.39 is 11.6 Å². The smallest absolute Gasteiger partial charge is 0.328 e. The van der Waals surface area contributed by atoms with Gasteiger partial charge < -0.3 is 10.3 Å². The molecule has 0 unspecified atom stereocenters. The fourth-order valence-corrected chi connectivity index (χ4v) is 4.47. The zero-order valence-corrected chi connectivity index (χ0v) is 15.0. The maximum Gasteiger partial charge on any atom is 0.328 e. The van der Waals surface area contributed by atoms with Crippen LogP contribution in [-0.2, 0) is 16.8 Å². The minimum atomic E-state index is -1.06. The quantitative estimate of drug-likeness (QED) is 0.624. The molecule has 6 heteroatoms. The molecule has 0 saturated carbocycles. The van der Waals surface area contributed by atoms with Crippen molar-refractivity contribution in [3.05, 3.63) is 65.4 Å². The van der Waals surface area contributed by atoms with Crippen LogP contribution in [0.4, 0.5) is 10.5 Å². The lowest BCUT2D eigenvalue weighted by Crippen LogP contribution is -2.57. The van der Waals surface area contributed by atoms with E-state index in [4.69, 9.17) is 0 Å². The number of hydrogen-bond donors (Lipinski definition) is 3. The molecule has 2 aromatic carbocycles. The molecule has 1 atom stereocenters. The molecule has 0 bridgehead atoms. The van der Waals surface area contributed by atoms with Crippen molar-refractivity contribution >= 4 is 28.5 Å². The maximum atomic E-state index is 13.7. The molecule has 2 aliphatic rings. The Morgan fingerprint density at radius 3 is 2.81 bits per heavy atom. The van der Waals surface area contributed by atoms with Crippen molar-refractivity contribution in [2.75, 3.05) is 18.0 Å². The highest BCUT2D eigenvalue weighted by Gasteiger charge is 2.56. The summed E-state index contributed by atoms with van der Waals surface area (Å²) in [6.07, 6.45) is 0.831. The Hall–Kier alpha value is -3.12. The molecule has 0 aliphatic carbocycles. The van der Waals surface area contributed by atoms with Gasteiger partial charge >= 0.3 is 6.03 Å². The topological polar surface area (TPSA) is 77.2 Å². The summed E-state index contributed by atoms with van der Waals surface area (Å²) in [4.78, 5) is 31.1. The zero-order chi connectivity index (χ0) is 18.6. The van der Waals surface area contributed by atoms with Gasteiger partial charge in [0.25, 0.3) is 5.91 Å². The maximum absolute atomic E-state index is 13.7. The number of aromatic amines is 1. The molecule has 136 valence electrons. The fourth-order valence-electron chi connectivity index (χ4n) is 4.47.